The van der Waals surface area contributed by atoms with Crippen molar-refractivity contribution in [2.24, 2.45) is 0 Å². The van der Waals surface area contributed by atoms with E-state index in [0.29, 0.717) is 5.39 Å². The van der Waals surface area contributed by atoms with Crippen LogP contribution in [-0.4, -0.2) is 46.3 Å². The van der Waals surface area contributed by atoms with Crippen molar-refractivity contribution in [3.63, 3.8) is 0 Å². The number of hydrogen-bond acceptors (Lipinski definition) is 3. The number of carbonyl (C=O) groups is 1. The molecule has 1 amide bonds. The Morgan fingerprint density at radius 1 is 1.09 bits per heavy atom. The lowest BCUT2D eigenvalue weighted by Gasteiger charge is -2.23. The topological polar surface area (TPSA) is 66.0 Å². The van der Waals surface area contributed by atoms with Crippen molar-refractivity contribution in [3.05, 3.63) is 77.8 Å². The van der Waals surface area contributed by atoms with Crippen molar-refractivity contribution < 1.29 is 22.4 Å². The summed E-state index contributed by atoms with van der Waals surface area (Å²) >= 11 is 0. The summed E-state index contributed by atoms with van der Waals surface area (Å²) in [4.78, 5) is 14.7. The molecule has 0 saturated heterocycles. The number of likely N-dealkylation sites (N-methyl/N-ethyl adjacent to an activating group) is 1. The Bertz CT molecular complexity index is 1280. The quantitative estimate of drug-likeness (QED) is 0.446. The lowest BCUT2D eigenvalue weighted by atomic mass is 10.1. The van der Waals surface area contributed by atoms with Crippen molar-refractivity contribution in [2.45, 2.75) is 6.04 Å². The second kappa shape index (κ2) is 8.46. The zero-order valence-electron chi connectivity index (χ0n) is 17.2. The van der Waals surface area contributed by atoms with E-state index < -0.39 is 35.5 Å². The van der Waals surface area contributed by atoms with Gasteiger partial charge in [-0.2, -0.15) is 9.49 Å². The van der Waals surface area contributed by atoms with Gasteiger partial charge in [-0.3, -0.25) is 9.67 Å². The Balaban J connectivity index is 1.67. The molecule has 2 aromatic heterocycles. The number of hydrogen-bond donors (Lipinski definition) is 2. The fourth-order valence-electron chi connectivity index (χ4n) is 3.59. The zero-order chi connectivity index (χ0) is 23.0. The summed E-state index contributed by atoms with van der Waals surface area (Å²) in [7, 11) is 3.51. The molecular weight excluding hydrogens is 426 g/mol. The Labute approximate surface area is 180 Å². The summed E-state index contributed by atoms with van der Waals surface area (Å²) in [5.74, 6) is -3.02. The lowest BCUT2D eigenvalue weighted by Crippen LogP contribution is -2.37. The van der Waals surface area contributed by atoms with E-state index in [0.717, 1.165) is 24.3 Å². The largest absolute Gasteiger partial charge is 0.329 e. The van der Waals surface area contributed by atoms with Crippen LogP contribution in [0.25, 0.3) is 22.0 Å². The zero-order valence-corrected chi connectivity index (χ0v) is 17.2. The number of amides is 1. The smallest absolute Gasteiger partial charge is 0.326 e. The molecule has 0 radical (unpaired) electrons. The number of nitrogens with one attached hydrogen (secondary N) is 2. The normalized spacial score (nSPS) is 12.5. The van der Waals surface area contributed by atoms with E-state index in [1.165, 1.54) is 23.0 Å². The van der Waals surface area contributed by atoms with Gasteiger partial charge in [0.05, 0.1) is 23.3 Å². The van der Waals surface area contributed by atoms with Crippen LogP contribution in [0.15, 0.2) is 48.8 Å². The third-order valence-corrected chi connectivity index (χ3v) is 5.01. The number of carbonyl (C=O) groups excluding carboxylic acids is 1. The molecule has 4 aromatic rings. The van der Waals surface area contributed by atoms with Gasteiger partial charge in [0.2, 0.25) is 5.95 Å². The van der Waals surface area contributed by atoms with E-state index in [1.54, 1.807) is 25.1 Å². The molecule has 32 heavy (non-hydrogen) atoms. The number of H-pyrrole nitrogens is 1. The molecule has 0 bridgehead atoms. The van der Waals surface area contributed by atoms with Gasteiger partial charge >= 0.3 is 6.03 Å². The molecule has 4 rings (SSSR count). The summed E-state index contributed by atoms with van der Waals surface area (Å²) in [5.41, 5.74) is 0.481. The first-order chi connectivity index (χ1) is 15.2. The molecule has 1 atom stereocenters. The SMILES string of the molecule is CN(C)CC(NC(=O)n1ccc2cc(-c3cn[nH]c3F)c(F)cc21)c1cc(F)cc(F)c1. The molecule has 0 aliphatic rings. The molecule has 2 heterocycles. The predicted octanol–water partition coefficient (Wildman–Crippen LogP) is 4.45. The summed E-state index contributed by atoms with van der Waals surface area (Å²) in [5, 5.41) is 8.91. The van der Waals surface area contributed by atoms with Gasteiger partial charge in [0, 0.05) is 29.8 Å². The Hall–Kier alpha value is -3.66. The minimum absolute atomic E-state index is 0.00243. The van der Waals surface area contributed by atoms with Crippen molar-refractivity contribution >= 4 is 16.9 Å². The fraction of sp³-hybridized carbons (Fsp3) is 0.182. The highest BCUT2D eigenvalue weighted by Crippen LogP contribution is 2.29. The third kappa shape index (κ3) is 4.22. The van der Waals surface area contributed by atoms with Gasteiger partial charge in [-0.15, -0.1) is 0 Å². The van der Waals surface area contributed by atoms with E-state index in [1.807, 2.05) is 0 Å². The number of halogens is 4. The molecule has 0 saturated carbocycles. The van der Waals surface area contributed by atoms with Gasteiger partial charge in [-0.25, -0.2) is 18.0 Å². The summed E-state index contributed by atoms with van der Waals surface area (Å²) < 4.78 is 57.2. The van der Waals surface area contributed by atoms with Gasteiger partial charge in [0.15, 0.2) is 0 Å². The maximum Gasteiger partial charge on any atom is 0.326 e. The Morgan fingerprint density at radius 2 is 1.81 bits per heavy atom. The van der Waals surface area contributed by atoms with E-state index in [4.69, 9.17) is 0 Å². The van der Waals surface area contributed by atoms with Gasteiger partial charge < -0.3 is 10.2 Å². The Kier molecular flexibility index (Phi) is 5.70. The van der Waals surface area contributed by atoms with Crippen LogP contribution in [0, 0.1) is 23.4 Å². The first-order valence-corrected chi connectivity index (χ1v) is 9.64. The molecule has 1 unspecified atom stereocenters. The second-order valence-electron chi connectivity index (χ2n) is 7.64. The predicted molar refractivity (Wildman–Crippen MR) is 111 cm³/mol. The molecule has 2 aromatic carbocycles. The fourth-order valence-corrected chi connectivity index (χ4v) is 3.59. The van der Waals surface area contributed by atoms with Crippen LogP contribution in [0.2, 0.25) is 0 Å². The number of fused-ring (bicyclic) bond motifs is 1. The molecule has 6 nitrogen and oxygen atoms in total. The van der Waals surface area contributed by atoms with Crippen LogP contribution < -0.4 is 5.32 Å². The van der Waals surface area contributed by atoms with Crippen LogP contribution in [0.1, 0.15) is 11.6 Å². The highest BCUT2D eigenvalue weighted by atomic mass is 19.1. The molecule has 0 aliphatic heterocycles. The number of aromatic nitrogens is 3. The van der Waals surface area contributed by atoms with Crippen molar-refractivity contribution in [2.75, 3.05) is 20.6 Å². The van der Waals surface area contributed by atoms with Crippen molar-refractivity contribution in [1.82, 2.24) is 25.0 Å². The molecule has 0 spiro atoms. The second-order valence-corrected chi connectivity index (χ2v) is 7.64. The van der Waals surface area contributed by atoms with Crippen LogP contribution in [-0.2, 0) is 0 Å². The first kappa shape index (κ1) is 21.6. The van der Waals surface area contributed by atoms with E-state index >= 15 is 0 Å². The highest BCUT2D eigenvalue weighted by molar-refractivity contribution is 5.94. The van der Waals surface area contributed by atoms with Gasteiger partial charge in [-0.1, -0.05) is 0 Å². The standard InChI is InChI=1S/C22H19F4N5O/c1-30(2)11-19(13-5-14(23)8-15(24)6-13)28-22(32)31-4-3-12-7-16(18(25)9-20(12)31)17-10-27-29-21(17)26/h3-10,19H,11H2,1-2H3,(H,27,29)(H,28,32). The molecular formula is C22H19F4N5O. The van der Waals surface area contributed by atoms with Crippen LogP contribution in [0.3, 0.4) is 0 Å². The molecule has 0 aliphatic carbocycles. The van der Waals surface area contributed by atoms with E-state index in [2.05, 4.69) is 15.5 Å². The molecule has 2 N–H and O–H groups in total. The lowest BCUT2D eigenvalue weighted by molar-refractivity contribution is 0.235. The van der Waals surface area contributed by atoms with Crippen LogP contribution >= 0.6 is 0 Å². The van der Waals surface area contributed by atoms with Crippen LogP contribution in [0.4, 0.5) is 22.4 Å². The van der Waals surface area contributed by atoms with Crippen molar-refractivity contribution in [3.8, 4) is 11.1 Å². The summed E-state index contributed by atoms with van der Waals surface area (Å²) in [6.45, 7) is 0.270. The van der Waals surface area contributed by atoms with E-state index in [9.17, 15) is 22.4 Å². The average molecular weight is 445 g/mol. The van der Waals surface area contributed by atoms with Gasteiger partial charge in [-0.05, 0) is 50.0 Å². The maximum atomic E-state index is 14.7. The maximum absolute atomic E-state index is 14.7. The summed E-state index contributed by atoms with van der Waals surface area (Å²) in [6, 6.07) is 5.83. The minimum Gasteiger partial charge on any atom is -0.329 e. The molecule has 0 fully saturated rings. The van der Waals surface area contributed by atoms with Crippen LogP contribution in [0.5, 0.6) is 0 Å². The summed E-state index contributed by atoms with van der Waals surface area (Å²) in [6.07, 6.45) is 2.61. The minimum atomic E-state index is -0.769. The highest BCUT2D eigenvalue weighted by Gasteiger charge is 2.21. The number of rotatable bonds is 5. The number of nitrogens with zero attached hydrogens (tertiary/aromatic N) is 3. The molecule has 166 valence electrons. The Morgan fingerprint density at radius 3 is 2.44 bits per heavy atom. The molecule has 10 heteroatoms. The third-order valence-electron chi connectivity index (χ3n) is 5.01. The average Bonchev–Trinajstić information content (AvgIpc) is 3.31. The number of benzene rings is 2. The van der Waals surface area contributed by atoms with Gasteiger partial charge in [0.25, 0.3) is 0 Å². The monoisotopic (exact) mass is 445 g/mol. The van der Waals surface area contributed by atoms with Crippen molar-refractivity contribution in [1.29, 1.82) is 0 Å². The van der Waals surface area contributed by atoms with Gasteiger partial charge in [0.1, 0.15) is 17.5 Å². The number of aromatic amines is 1. The van der Waals surface area contributed by atoms with E-state index in [-0.39, 0.29) is 28.8 Å². The first-order valence-electron chi connectivity index (χ1n) is 9.64.